The van der Waals surface area contributed by atoms with Crippen molar-refractivity contribution in [3.63, 3.8) is 0 Å². The predicted octanol–water partition coefficient (Wildman–Crippen LogP) is 2.44. The molecule has 13 heavy (non-hydrogen) atoms. The number of pyridine rings is 1. The predicted molar refractivity (Wildman–Crippen MR) is 53.9 cm³/mol. The number of nitrogens with zero attached hydrogens (tertiary/aromatic N) is 2. The van der Waals surface area contributed by atoms with Gasteiger partial charge >= 0.3 is 0 Å². The maximum Gasteiger partial charge on any atom is 0.0987 e. The van der Waals surface area contributed by atoms with Crippen LogP contribution in [0.1, 0.15) is 16.4 Å². The van der Waals surface area contributed by atoms with Crippen LogP contribution >= 0.6 is 11.3 Å². The maximum absolute atomic E-state index is 4.38. The fourth-order valence-electron chi connectivity index (χ4n) is 1.14. The van der Waals surface area contributed by atoms with Crippen molar-refractivity contribution in [1.29, 1.82) is 0 Å². The molecule has 2 aromatic heterocycles. The SMILES string of the molecule is Cc1csc(Cc2ccccn2)n1. The van der Waals surface area contributed by atoms with Crippen LogP contribution in [0.3, 0.4) is 0 Å². The fourth-order valence-corrected chi connectivity index (χ4v) is 1.93. The highest BCUT2D eigenvalue weighted by molar-refractivity contribution is 7.09. The summed E-state index contributed by atoms with van der Waals surface area (Å²) in [5.74, 6) is 0. The Bertz CT molecular complexity index is 381. The Labute approximate surface area is 81.3 Å². The second-order valence-corrected chi connectivity index (χ2v) is 3.82. The molecule has 2 rings (SSSR count). The van der Waals surface area contributed by atoms with Gasteiger partial charge in [-0.2, -0.15) is 0 Å². The molecule has 0 radical (unpaired) electrons. The average molecular weight is 190 g/mol. The number of thiazole rings is 1. The van der Waals surface area contributed by atoms with Gasteiger partial charge < -0.3 is 0 Å². The summed E-state index contributed by atoms with van der Waals surface area (Å²) < 4.78 is 0. The van der Waals surface area contributed by atoms with E-state index in [9.17, 15) is 0 Å². The zero-order valence-corrected chi connectivity index (χ0v) is 8.21. The van der Waals surface area contributed by atoms with Gasteiger partial charge in [0.1, 0.15) is 0 Å². The number of aryl methyl sites for hydroxylation is 1. The Hall–Kier alpha value is -1.22. The van der Waals surface area contributed by atoms with Crippen LogP contribution in [-0.4, -0.2) is 9.97 Å². The fraction of sp³-hybridized carbons (Fsp3) is 0.200. The molecule has 0 saturated carbocycles. The molecule has 0 aromatic carbocycles. The molecule has 3 heteroatoms. The number of hydrogen-bond acceptors (Lipinski definition) is 3. The minimum absolute atomic E-state index is 0.847. The Morgan fingerprint density at radius 1 is 1.38 bits per heavy atom. The van der Waals surface area contributed by atoms with Gasteiger partial charge in [-0.05, 0) is 19.1 Å². The zero-order valence-electron chi connectivity index (χ0n) is 7.40. The van der Waals surface area contributed by atoms with Crippen LogP contribution < -0.4 is 0 Å². The van der Waals surface area contributed by atoms with E-state index in [2.05, 4.69) is 15.3 Å². The quantitative estimate of drug-likeness (QED) is 0.727. The van der Waals surface area contributed by atoms with Crippen LogP contribution in [-0.2, 0) is 6.42 Å². The van der Waals surface area contributed by atoms with E-state index in [1.54, 1.807) is 11.3 Å². The summed E-state index contributed by atoms with van der Waals surface area (Å²) in [7, 11) is 0. The standard InChI is InChI=1S/C10H10N2S/c1-8-7-13-10(12-8)6-9-4-2-3-5-11-9/h2-5,7H,6H2,1H3. The van der Waals surface area contributed by atoms with Crippen molar-refractivity contribution >= 4 is 11.3 Å². The van der Waals surface area contributed by atoms with Gasteiger partial charge in [-0.3, -0.25) is 4.98 Å². The lowest BCUT2D eigenvalue weighted by molar-refractivity contribution is 1.04. The van der Waals surface area contributed by atoms with Crippen molar-refractivity contribution in [2.75, 3.05) is 0 Å². The minimum atomic E-state index is 0.847. The largest absolute Gasteiger partial charge is 0.261 e. The summed E-state index contributed by atoms with van der Waals surface area (Å²) in [4.78, 5) is 8.63. The van der Waals surface area contributed by atoms with Crippen LogP contribution in [0.2, 0.25) is 0 Å². The molecule has 0 N–H and O–H groups in total. The van der Waals surface area contributed by atoms with Crippen LogP contribution in [0, 0.1) is 6.92 Å². The lowest BCUT2D eigenvalue weighted by Crippen LogP contribution is -1.89. The van der Waals surface area contributed by atoms with E-state index < -0.39 is 0 Å². The Morgan fingerprint density at radius 3 is 2.92 bits per heavy atom. The topological polar surface area (TPSA) is 25.8 Å². The van der Waals surface area contributed by atoms with E-state index in [-0.39, 0.29) is 0 Å². The number of rotatable bonds is 2. The number of aromatic nitrogens is 2. The van der Waals surface area contributed by atoms with E-state index >= 15 is 0 Å². The van der Waals surface area contributed by atoms with Gasteiger partial charge in [0.2, 0.25) is 0 Å². The van der Waals surface area contributed by atoms with Gasteiger partial charge in [0.25, 0.3) is 0 Å². The van der Waals surface area contributed by atoms with Crippen LogP contribution in [0.4, 0.5) is 0 Å². The highest BCUT2D eigenvalue weighted by Crippen LogP contribution is 2.12. The highest BCUT2D eigenvalue weighted by Gasteiger charge is 2.00. The van der Waals surface area contributed by atoms with Crippen molar-refractivity contribution in [3.8, 4) is 0 Å². The third-order valence-electron chi connectivity index (χ3n) is 1.73. The van der Waals surface area contributed by atoms with Gasteiger partial charge in [-0.25, -0.2) is 4.98 Å². The molecular formula is C10H10N2S. The Kier molecular flexibility index (Phi) is 2.36. The molecule has 0 fully saturated rings. The average Bonchev–Trinajstić information content (AvgIpc) is 2.53. The third kappa shape index (κ3) is 2.12. The minimum Gasteiger partial charge on any atom is -0.261 e. The molecule has 0 aliphatic rings. The smallest absolute Gasteiger partial charge is 0.0987 e. The lowest BCUT2D eigenvalue weighted by atomic mass is 10.3. The molecule has 66 valence electrons. The van der Waals surface area contributed by atoms with E-state index in [1.165, 1.54) is 0 Å². The Morgan fingerprint density at radius 2 is 2.31 bits per heavy atom. The van der Waals surface area contributed by atoms with Crippen molar-refractivity contribution in [3.05, 3.63) is 46.2 Å². The molecule has 0 amide bonds. The van der Waals surface area contributed by atoms with Crippen LogP contribution in [0.15, 0.2) is 29.8 Å². The van der Waals surface area contributed by atoms with Crippen molar-refractivity contribution in [2.45, 2.75) is 13.3 Å². The lowest BCUT2D eigenvalue weighted by Gasteiger charge is -1.94. The first-order valence-electron chi connectivity index (χ1n) is 4.15. The molecule has 0 atom stereocenters. The second kappa shape index (κ2) is 3.66. The van der Waals surface area contributed by atoms with E-state index in [4.69, 9.17) is 0 Å². The molecule has 0 spiro atoms. The molecule has 0 aliphatic heterocycles. The zero-order chi connectivity index (χ0) is 9.10. The third-order valence-corrected chi connectivity index (χ3v) is 2.69. The summed E-state index contributed by atoms with van der Waals surface area (Å²) in [6.07, 6.45) is 2.66. The van der Waals surface area contributed by atoms with E-state index in [0.717, 1.165) is 22.8 Å². The monoisotopic (exact) mass is 190 g/mol. The summed E-state index contributed by atoms with van der Waals surface area (Å²) >= 11 is 1.69. The van der Waals surface area contributed by atoms with Crippen LogP contribution in [0.25, 0.3) is 0 Å². The molecule has 0 unspecified atom stereocenters. The van der Waals surface area contributed by atoms with Gasteiger partial charge in [0, 0.05) is 29.4 Å². The van der Waals surface area contributed by atoms with E-state index in [1.807, 2.05) is 31.3 Å². The maximum atomic E-state index is 4.38. The van der Waals surface area contributed by atoms with Gasteiger partial charge in [0.05, 0.1) is 5.01 Å². The van der Waals surface area contributed by atoms with Crippen LogP contribution in [0.5, 0.6) is 0 Å². The molecule has 0 aliphatic carbocycles. The highest BCUT2D eigenvalue weighted by atomic mass is 32.1. The molecular weight excluding hydrogens is 180 g/mol. The molecule has 2 aromatic rings. The molecule has 0 bridgehead atoms. The summed E-state index contributed by atoms with van der Waals surface area (Å²) in [6, 6.07) is 5.95. The van der Waals surface area contributed by atoms with Crippen molar-refractivity contribution < 1.29 is 0 Å². The number of hydrogen-bond donors (Lipinski definition) is 0. The van der Waals surface area contributed by atoms with Crippen molar-refractivity contribution in [2.24, 2.45) is 0 Å². The molecule has 0 saturated heterocycles. The first-order chi connectivity index (χ1) is 6.34. The van der Waals surface area contributed by atoms with Gasteiger partial charge in [0.15, 0.2) is 0 Å². The first kappa shape index (κ1) is 8.38. The van der Waals surface area contributed by atoms with E-state index in [0.29, 0.717) is 0 Å². The first-order valence-corrected chi connectivity index (χ1v) is 5.03. The molecule has 2 nitrogen and oxygen atoms in total. The molecule has 2 heterocycles. The van der Waals surface area contributed by atoms with Gasteiger partial charge in [-0.1, -0.05) is 6.07 Å². The van der Waals surface area contributed by atoms with Gasteiger partial charge in [-0.15, -0.1) is 11.3 Å². The van der Waals surface area contributed by atoms with Crippen molar-refractivity contribution in [1.82, 2.24) is 9.97 Å². The summed E-state index contributed by atoms with van der Waals surface area (Å²) in [5, 5.41) is 3.20. The normalized spacial score (nSPS) is 10.2. The Balaban J connectivity index is 2.15. The second-order valence-electron chi connectivity index (χ2n) is 2.88. The summed E-state index contributed by atoms with van der Waals surface area (Å²) in [6.45, 7) is 2.01. The summed E-state index contributed by atoms with van der Waals surface area (Å²) in [5.41, 5.74) is 2.17.